The molecule has 1 aliphatic heterocycles. The van der Waals surface area contributed by atoms with Crippen molar-refractivity contribution >= 4 is 17.6 Å². The van der Waals surface area contributed by atoms with Crippen LogP contribution in [0.25, 0.3) is 0 Å². The van der Waals surface area contributed by atoms with Gasteiger partial charge in [0.15, 0.2) is 0 Å². The standard InChI is InChI=1S/C17H25ClN2O2/c1-4-22-17(21)16-12-19(9-10-20(16)13(2)3)11-14-7-5-6-8-15(14)18/h5-8,13,16H,4,9-12H2,1-3H3. The lowest BCUT2D eigenvalue weighted by Crippen LogP contribution is -2.58. The predicted octanol–water partition coefficient (Wildman–Crippen LogP) is 2.80. The highest BCUT2D eigenvalue weighted by Crippen LogP contribution is 2.21. The lowest BCUT2D eigenvalue weighted by molar-refractivity contribution is -0.153. The van der Waals surface area contributed by atoms with Gasteiger partial charge in [0.05, 0.1) is 6.61 Å². The number of rotatable bonds is 5. The molecule has 1 atom stereocenters. The molecule has 1 aliphatic rings. The van der Waals surface area contributed by atoms with Crippen LogP contribution in [0.3, 0.4) is 0 Å². The monoisotopic (exact) mass is 324 g/mol. The molecule has 22 heavy (non-hydrogen) atoms. The topological polar surface area (TPSA) is 32.8 Å². The number of halogens is 1. The number of esters is 1. The second kappa shape index (κ2) is 7.95. The van der Waals surface area contributed by atoms with E-state index in [2.05, 4.69) is 23.6 Å². The molecule has 0 saturated carbocycles. The van der Waals surface area contributed by atoms with Gasteiger partial charge >= 0.3 is 5.97 Å². The van der Waals surface area contributed by atoms with E-state index in [9.17, 15) is 4.79 Å². The number of carbonyl (C=O) groups is 1. The van der Waals surface area contributed by atoms with E-state index < -0.39 is 0 Å². The zero-order chi connectivity index (χ0) is 16.1. The van der Waals surface area contributed by atoms with E-state index in [-0.39, 0.29) is 12.0 Å². The summed E-state index contributed by atoms with van der Waals surface area (Å²) >= 11 is 6.24. The Morgan fingerprint density at radius 3 is 2.73 bits per heavy atom. The maximum atomic E-state index is 12.3. The first-order valence-corrected chi connectivity index (χ1v) is 8.28. The molecule has 1 aromatic rings. The fourth-order valence-corrected chi connectivity index (χ4v) is 3.13. The third-order valence-electron chi connectivity index (χ3n) is 4.08. The molecule has 5 heteroatoms. The average Bonchev–Trinajstić information content (AvgIpc) is 2.49. The molecule has 0 spiro atoms. The summed E-state index contributed by atoms with van der Waals surface area (Å²) in [6.45, 7) is 9.76. The lowest BCUT2D eigenvalue weighted by atomic mass is 10.1. The quantitative estimate of drug-likeness (QED) is 0.780. The van der Waals surface area contributed by atoms with Crippen LogP contribution >= 0.6 is 11.6 Å². The predicted molar refractivity (Wildman–Crippen MR) is 89.0 cm³/mol. The van der Waals surface area contributed by atoms with Crippen molar-refractivity contribution in [3.8, 4) is 0 Å². The molecule has 0 bridgehead atoms. The number of ether oxygens (including phenoxy) is 1. The summed E-state index contributed by atoms with van der Waals surface area (Å²) in [5.74, 6) is -0.125. The summed E-state index contributed by atoms with van der Waals surface area (Å²) in [6, 6.07) is 8.01. The Morgan fingerprint density at radius 2 is 2.09 bits per heavy atom. The van der Waals surface area contributed by atoms with E-state index in [1.54, 1.807) is 0 Å². The van der Waals surface area contributed by atoms with Gasteiger partial charge in [0.25, 0.3) is 0 Å². The minimum Gasteiger partial charge on any atom is -0.465 e. The third-order valence-corrected chi connectivity index (χ3v) is 4.45. The maximum Gasteiger partial charge on any atom is 0.324 e. The minimum absolute atomic E-state index is 0.125. The van der Waals surface area contributed by atoms with E-state index in [1.807, 2.05) is 31.2 Å². The van der Waals surface area contributed by atoms with Crippen molar-refractivity contribution in [2.75, 3.05) is 26.2 Å². The second-order valence-electron chi connectivity index (χ2n) is 5.93. The Balaban J connectivity index is 2.07. The summed E-state index contributed by atoms with van der Waals surface area (Å²) < 4.78 is 5.25. The van der Waals surface area contributed by atoms with Crippen molar-refractivity contribution < 1.29 is 9.53 Å². The van der Waals surface area contributed by atoms with E-state index in [0.29, 0.717) is 19.2 Å². The van der Waals surface area contributed by atoms with Crippen molar-refractivity contribution in [3.05, 3.63) is 34.9 Å². The van der Waals surface area contributed by atoms with Gasteiger partial charge in [-0.05, 0) is 32.4 Å². The van der Waals surface area contributed by atoms with E-state index in [0.717, 1.165) is 30.2 Å². The molecule has 0 aliphatic carbocycles. The molecule has 2 rings (SSSR count). The van der Waals surface area contributed by atoms with E-state index in [4.69, 9.17) is 16.3 Å². The van der Waals surface area contributed by atoms with Gasteiger partial charge < -0.3 is 4.74 Å². The van der Waals surface area contributed by atoms with Gasteiger partial charge in [0.2, 0.25) is 0 Å². The van der Waals surface area contributed by atoms with Gasteiger partial charge in [-0.25, -0.2) is 0 Å². The van der Waals surface area contributed by atoms with Crippen LogP contribution < -0.4 is 0 Å². The molecule has 4 nitrogen and oxygen atoms in total. The summed E-state index contributed by atoms with van der Waals surface area (Å²) in [6.07, 6.45) is 0. The molecule has 1 unspecified atom stereocenters. The molecule has 1 fully saturated rings. The molecule has 0 amide bonds. The fraction of sp³-hybridized carbons (Fsp3) is 0.588. The Bertz CT molecular complexity index is 507. The highest BCUT2D eigenvalue weighted by molar-refractivity contribution is 6.31. The van der Waals surface area contributed by atoms with Crippen molar-refractivity contribution in [2.24, 2.45) is 0 Å². The zero-order valence-electron chi connectivity index (χ0n) is 13.6. The van der Waals surface area contributed by atoms with Gasteiger partial charge in [-0.3, -0.25) is 14.6 Å². The van der Waals surface area contributed by atoms with Crippen LogP contribution in [-0.2, 0) is 16.1 Å². The summed E-state index contributed by atoms with van der Waals surface area (Å²) in [4.78, 5) is 16.8. The smallest absolute Gasteiger partial charge is 0.324 e. The van der Waals surface area contributed by atoms with Crippen LogP contribution in [0.2, 0.25) is 5.02 Å². The first-order valence-electron chi connectivity index (χ1n) is 7.91. The molecule has 122 valence electrons. The van der Waals surface area contributed by atoms with Gasteiger partial charge in [-0.15, -0.1) is 0 Å². The van der Waals surface area contributed by atoms with Gasteiger partial charge in [0.1, 0.15) is 6.04 Å². The number of hydrogen-bond acceptors (Lipinski definition) is 4. The molecular formula is C17H25ClN2O2. The highest BCUT2D eigenvalue weighted by Gasteiger charge is 2.34. The largest absolute Gasteiger partial charge is 0.465 e. The van der Waals surface area contributed by atoms with Crippen LogP contribution in [0.4, 0.5) is 0 Å². The van der Waals surface area contributed by atoms with Gasteiger partial charge in [0, 0.05) is 37.2 Å². The van der Waals surface area contributed by atoms with Gasteiger partial charge in [-0.2, -0.15) is 0 Å². The SMILES string of the molecule is CCOC(=O)C1CN(Cc2ccccc2Cl)CCN1C(C)C. The molecule has 1 aromatic carbocycles. The maximum absolute atomic E-state index is 12.3. The summed E-state index contributed by atoms with van der Waals surface area (Å²) in [5.41, 5.74) is 1.10. The molecule has 1 heterocycles. The normalized spacial score (nSPS) is 20.3. The number of piperazine rings is 1. The minimum atomic E-state index is -0.198. The first kappa shape index (κ1) is 17.3. The van der Waals surface area contributed by atoms with E-state index in [1.165, 1.54) is 0 Å². The van der Waals surface area contributed by atoms with Crippen LogP contribution in [-0.4, -0.2) is 54.1 Å². The third kappa shape index (κ3) is 4.22. The number of carbonyl (C=O) groups excluding carboxylic acids is 1. The average molecular weight is 325 g/mol. The fourth-order valence-electron chi connectivity index (χ4n) is 2.93. The van der Waals surface area contributed by atoms with Crippen molar-refractivity contribution in [2.45, 2.75) is 39.4 Å². The van der Waals surface area contributed by atoms with Crippen LogP contribution in [0.1, 0.15) is 26.3 Å². The highest BCUT2D eigenvalue weighted by atomic mass is 35.5. The van der Waals surface area contributed by atoms with Crippen molar-refractivity contribution in [3.63, 3.8) is 0 Å². The van der Waals surface area contributed by atoms with Crippen LogP contribution in [0.15, 0.2) is 24.3 Å². The number of benzene rings is 1. The molecule has 0 radical (unpaired) electrons. The molecule has 0 aromatic heterocycles. The summed E-state index contributed by atoms with van der Waals surface area (Å²) in [7, 11) is 0. The van der Waals surface area contributed by atoms with Crippen LogP contribution in [0, 0.1) is 0 Å². The zero-order valence-corrected chi connectivity index (χ0v) is 14.3. The number of hydrogen-bond donors (Lipinski definition) is 0. The van der Waals surface area contributed by atoms with Crippen molar-refractivity contribution in [1.29, 1.82) is 0 Å². The van der Waals surface area contributed by atoms with E-state index >= 15 is 0 Å². The van der Waals surface area contributed by atoms with Crippen molar-refractivity contribution in [1.82, 2.24) is 9.80 Å². The Kier molecular flexibility index (Phi) is 6.24. The lowest BCUT2D eigenvalue weighted by Gasteiger charge is -2.42. The number of nitrogens with zero attached hydrogens (tertiary/aromatic N) is 2. The first-order chi connectivity index (χ1) is 10.5. The van der Waals surface area contributed by atoms with Gasteiger partial charge in [-0.1, -0.05) is 29.8 Å². The second-order valence-corrected chi connectivity index (χ2v) is 6.33. The summed E-state index contributed by atoms with van der Waals surface area (Å²) in [5, 5.41) is 0.779. The molecular weight excluding hydrogens is 300 g/mol. The Hall–Kier alpha value is -1.10. The molecule has 1 saturated heterocycles. The Morgan fingerprint density at radius 1 is 1.36 bits per heavy atom. The molecule has 0 N–H and O–H groups in total. The van der Waals surface area contributed by atoms with Crippen LogP contribution in [0.5, 0.6) is 0 Å². The Labute approximate surface area is 138 Å².